The van der Waals surface area contributed by atoms with Crippen LogP contribution in [0.5, 0.6) is 0 Å². The molecular weight excluding hydrogens is 192 g/mol. The molecule has 15 heavy (non-hydrogen) atoms. The van der Waals surface area contributed by atoms with Crippen LogP contribution in [0.4, 0.5) is 0 Å². The first-order valence-corrected chi connectivity index (χ1v) is 5.61. The second-order valence-corrected chi connectivity index (χ2v) is 4.04. The second-order valence-electron chi connectivity index (χ2n) is 4.04. The van der Waals surface area contributed by atoms with Crippen molar-refractivity contribution in [1.82, 2.24) is 10.6 Å². The summed E-state index contributed by atoms with van der Waals surface area (Å²) in [5.41, 5.74) is 0. The first-order valence-electron chi connectivity index (χ1n) is 5.61. The van der Waals surface area contributed by atoms with E-state index in [1.807, 2.05) is 13.8 Å². The number of hydrogen-bond donors (Lipinski definition) is 2. The molecule has 1 atom stereocenters. The normalized spacial score (nSPS) is 12.9. The summed E-state index contributed by atoms with van der Waals surface area (Å²) in [6.07, 6.45) is 2.01. The van der Waals surface area contributed by atoms with Crippen LogP contribution in [0, 0.1) is 0 Å². The van der Waals surface area contributed by atoms with Crippen molar-refractivity contribution >= 4 is 5.91 Å². The van der Waals surface area contributed by atoms with Crippen molar-refractivity contribution in [2.45, 2.75) is 45.7 Å². The van der Waals surface area contributed by atoms with Crippen LogP contribution in [0.1, 0.15) is 33.6 Å². The molecule has 0 bridgehead atoms. The summed E-state index contributed by atoms with van der Waals surface area (Å²) in [6, 6.07) is 0.476. The van der Waals surface area contributed by atoms with Gasteiger partial charge in [-0.25, -0.2) is 0 Å². The first kappa shape index (κ1) is 14.4. The molecule has 0 aliphatic carbocycles. The van der Waals surface area contributed by atoms with E-state index in [0.717, 1.165) is 12.8 Å². The summed E-state index contributed by atoms with van der Waals surface area (Å²) in [6.45, 7) is 7.10. The molecule has 0 aromatic carbocycles. The fraction of sp³-hybridized carbons (Fsp3) is 0.909. The van der Waals surface area contributed by atoms with Crippen LogP contribution >= 0.6 is 0 Å². The van der Waals surface area contributed by atoms with Crippen LogP contribution in [0.25, 0.3) is 0 Å². The van der Waals surface area contributed by atoms with E-state index in [1.165, 1.54) is 0 Å². The van der Waals surface area contributed by atoms with Gasteiger partial charge in [-0.2, -0.15) is 0 Å². The zero-order valence-electron chi connectivity index (χ0n) is 10.3. The first-order chi connectivity index (χ1) is 7.10. The fourth-order valence-electron chi connectivity index (χ4n) is 1.32. The van der Waals surface area contributed by atoms with Crippen LogP contribution in [0.15, 0.2) is 0 Å². The van der Waals surface area contributed by atoms with Gasteiger partial charge in [-0.05, 0) is 6.42 Å². The quantitative estimate of drug-likeness (QED) is 0.634. The van der Waals surface area contributed by atoms with Gasteiger partial charge in [0.1, 0.15) is 0 Å². The van der Waals surface area contributed by atoms with Crippen molar-refractivity contribution in [2.75, 3.05) is 20.3 Å². The number of methoxy groups -OCH3 is 1. The summed E-state index contributed by atoms with van der Waals surface area (Å²) in [7, 11) is 1.65. The summed E-state index contributed by atoms with van der Waals surface area (Å²) in [5.74, 6) is 0.0409. The highest BCUT2D eigenvalue weighted by molar-refractivity contribution is 5.78. The van der Waals surface area contributed by atoms with Gasteiger partial charge in [0.05, 0.1) is 19.2 Å². The van der Waals surface area contributed by atoms with Crippen LogP contribution in [-0.2, 0) is 9.53 Å². The third-order valence-corrected chi connectivity index (χ3v) is 2.04. The molecule has 0 saturated carbocycles. The molecule has 0 saturated heterocycles. The Labute approximate surface area is 92.8 Å². The molecule has 2 N–H and O–H groups in total. The number of rotatable bonds is 8. The van der Waals surface area contributed by atoms with E-state index >= 15 is 0 Å². The van der Waals surface area contributed by atoms with Gasteiger partial charge >= 0.3 is 0 Å². The summed E-state index contributed by atoms with van der Waals surface area (Å²) < 4.78 is 5.05. The van der Waals surface area contributed by atoms with Gasteiger partial charge in [-0.3, -0.25) is 4.79 Å². The van der Waals surface area contributed by atoms with Crippen molar-refractivity contribution in [3.8, 4) is 0 Å². The van der Waals surface area contributed by atoms with Crippen molar-refractivity contribution in [2.24, 2.45) is 0 Å². The van der Waals surface area contributed by atoms with Crippen molar-refractivity contribution in [3.05, 3.63) is 0 Å². The van der Waals surface area contributed by atoms with Crippen LogP contribution < -0.4 is 10.6 Å². The topological polar surface area (TPSA) is 50.4 Å². The van der Waals surface area contributed by atoms with E-state index < -0.39 is 0 Å². The molecule has 0 radical (unpaired) electrons. The molecule has 1 amide bonds. The molecule has 4 heteroatoms. The van der Waals surface area contributed by atoms with Crippen molar-refractivity contribution < 1.29 is 9.53 Å². The van der Waals surface area contributed by atoms with E-state index in [2.05, 4.69) is 17.6 Å². The van der Waals surface area contributed by atoms with Crippen LogP contribution in [0.3, 0.4) is 0 Å². The smallest absolute Gasteiger partial charge is 0.234 e. The van der Waals surface area contributed by atoms with Crippen LogP contribution in [-0.4, -0.2) is 38.3 Å². The minimum Gasteiger partial charge on any atom is -0.383 e. The highest BCUT2D eigenvalue weighted by Crippen LogP contribution is 1.96. The van der Waals surface area contributed by atoms with Gasteiger partial charge in [0.2, 0.25) is 5.91 Å². The zero-order valence-corrected chi connectivity index (χ0v) is 10.3. The summed E-state index contributed by atoms with van der Waals surface area (Å²) in [4.78, 5) is 11.5. The molecule has 0 aliphatic rings. The lowest BCUT2D eigenvalue weighted by Crippen LogP contribution is -2.43. The molecular formula is C11H24N2O2. The van der Waals surface area contributed by atoms with Gasteiger partial charge in [0, 0.05) is 13.2 Å². The van der Waals surface area contributed by atoms with Gasteiger partial charge in [-0.15, -0.1) is 0 Å². The highest BCUT2D eigenvalue weighted by atomic mass is 16.5. The Morgan fingerprint density at radius 3 is 2.53 bits per heavy atom. The Morgan fingerprint density at radius 2 is 2.07 bits per heavy atom. The molecule has 0 aromatic heterocycles. The molecule has 0 spiro atoms. The third kappa shape index (κ3) is 8.39. The SMILES string of the molecule is CCCC(COC)NC(=O)CNC(C)C. The lowest BCUT2D eigenvalue weighted by molar-refractivity contribution is -0.121. The van der Waals surface area contributed by atoms with Crippen molar-refractivity contribution in [3.63, 3.8) is 0 Å². The van der Waals surface area contributed by atoms with Gasteiger partial charge < -0.3 is 15.4 Å². The molecule has 0 aliphatic heterocycles. The van der Waals surface area contributed by atoms with Crippen LogP contribution in [0.2, 0.25) is 0 Å². The average Bonchev–Trinajstić information content (AvgIpc) is 2.15. The Hall–Kier alpha value is -0.610. The van der Waals surface area contributed by atoms with Gasteiger partial charge in [0.25, 0.3) is 0 Å². The maximum absolute atomic E-state index is 11.5. The third-order valence-electron chi connectivity index (χ3n) is 2.04. The lowest BCUT2D eigenvalue weighted by atomic mass is 10.2. The standard InChI is InChI=1S/C11H24N2O2/c1-5-6-10(8-15-4)13-11(14)7-12-9(2)3/h9-10,12H,5-8H2,1-4H3,(H,13,14). The van der Waals surface area contributed by atoms with Gasteiger partial charge in [0.15, 0.2) is 0 Å². The Kier molecular flexibility index (Phi) is 8.33. The van der Waals surface area contributed by atoms with E-state index in [9.17, 15) is 4.79 Å². The number of ether oxygens (including phenoxy) is 1. The number of nitrogens with one attached hydrogen (secondary N) is 2. The Bertz CT molecular complexity index is 166. The van der Waals surface area contributed by atoms with E-state index in [1.54, 1.807) is 7.11 Å². The zero-order chi connectivity index (χ0) is 11.7. The van der Waals surface area contributed by atoms with E-state index in [4.69, 9.17) is 4.74 Å². The van der Waals surface area contributed by atoms with Crippen molar-refractivity contribution in [1.29, 1.82) is 0 Å². The van der Waals surface area contributed by atoms with E-state index in [0.29, 0.717) is 19.2 Å². The molecule has 4 nitrogen and oxygen atoms in total. The lowest BCUT2D eigenvalue weighted by Gasteiger charge is -2.17. The monoisotopic (exact) mass is 216 g/mol. The number of carbonyl (C=O) groups is 1. The minimum atomic E-state index is 0.0409. The second kappa shape index (κ2) is 8.68. The predicted molar refractivity (Wildman–Crippen MR) is 61.9 cm³/mol. The maximum Gasteiger partial charge on any atom is 0.234 e. The fourth-order valence-corrected chi connectivity index (χ4v) is 1.32. The molecule has 0 fully saturated rings. The van der Waals surface area contributed by atoms with Gasteiger partial charge in [-0.1, -0.05) is 27.2 Å². The predicted octanol–water partition coefficient (Wildman–Crippen LogP) is 0.916. The maximum atomic E-state index is 11.5. The summed E-state index contributed by atoms with van der Waals surface area (Å²) in [5, 5.41) is 6.03. The molecule has 0 rings (SSSR count). The Balaban J connectivity index is 3.77. The summed E-state index contributed by atoms with van der Waals surface area (Å²) >= 11 is 0. The largest absolute Gasteiger partial charge is 0.383 e. The molecule has 1 unspecified atom stereocenters. The molecule has 0 aromatic rings. The average molecular weight is 216 g/mol. The molecule has 90 valence electrons. The molecule has 0 heterocycles. The number of carbonyl (C=O) groups excluding carboxylic acids is 1. The number of hydrogen-bond acceptors (Lipinski definition) is 3. The Morgan fingerprint density at radius 1 is 1.40 bits per heavy atom. The minimum absolute atomic E-state index is 0.0409. The highest BCUT2D eigenvalue weighted by Gasteiger charge is 2.10. The number of amides is 1. The van der Waals surface area contributed by atoms with E-state index in [-0.39, 0.29) is 11.9 Å².